The van der Waals surface area contributed by atoms with E-state index in [1.807, 2.05) is 87.4 Å². The Morgan fingerprint density at radius 1 is 1.15 bits per heavy atom. The summed E-state index contributed by atoms with van der Waals surface area (Å²) in [5.74, 6) is 0.797. The average Bonchev–Trinajstić information content (AvgIpc) is 3.27. The number of aryl methyl sites for hydroxylation is 2. The molecule has 0 bridgehead atoms. The highest BCUT2D eigenvalue weighted by Crippen LogP contribution is 2.19. The summed E-state index contributed by atoms with van der Waals surface area (Å²) < 4.78 is 1.76. The molecule has 33 heavy (non-hydrogen) atoms. The molecule has 0 saturated carbocycles. The summed E-state index contributed by atoms with van der Waals surface area (Å²) in [6.07, 6.45) is 13.0. The summed E-state index contributed by atoms with van der Waals surface area (Å²) >= 11 is 0. The zero-order chi connectivity index (χ0) is 23.2. The van der Waals surface area contributed by atoms with Gasteiger partial charge in [0.25, 0.3) is 0 Å². The van der Waals surface area contributed by atoms with Crippen LogP contribution in [0.1, 0.15) is 41.4 Å². The summed E-state index contributed by atoms with van der Waals surface area (Å²) in [6, 6.07) is 9.26. The number of allylic oxidation sites excluding steroid dienone is 2. The first-order valence-electron chi connectivity index (χ1n) is 11.0. The number of rotatable bonds is 8. The second kappa shape index (κ2) is 10.2. The van der Waals surface area contributed by atoms with E-state index in [-0.39, 0.29) is 18.0 Å². The number of hydrogen-bond donors (Lipinski definition) is 3. The third-order valence-corrected chi connectivity index (χ3v) is 5.62. The van der Waals surface area contributed by atoms with Crippen LogP contribution in [0.3, 0.4) is 0 Å². The van der Waals surface area contributed by atoms with Crippen molar-refractivity contribution in [2.45, 2.75) is 32.0 Å². The Labute approximate surface area is 193 Å². The molecule has 8 nitrogen and oxygen atoms in total. The summed E-state index contributed by atoms with van der Waals surface area (Å²) in [7, 11) is 1.89. The summed E-state index contributed by atoms with van der Waals surface area (Å²) in [4.78, 5) is 21.8. The number of nitrogens with zero attached hydrogens (tertiary/aromatic N) is 4. The van der Waals surface area contributed by atoms with Crippen LogP contribution in [0.15, 0.2) is 73.5 Å². The molecule has 1 aliphatic rings. The molecule has 8 heteroatoms. The van der Waals surface area contributed by atoms with Gasteiger partial charge >= 0.3 is 0 Å². The fourth-order valence-electron chi connectivity index (χ4n) is 3.64. The van der Waals surface area contributed by atoms with E-state index in [1.54, 1.807) is 4.68 Å². The number of amides is 1. The molecule has 1 aliphatic heterocycles. The van der Waals surface area contributed by atoms with Crippen molar-refractivity contribution in [3.05, 3.63) is 96.0 Å². The lowest BCUT2D eigenvalue weighted by Gasteiger charge is -2.25. The maximum atomic E-state index is 13.3. The van der Waals surface area contributed by atoms with Crippen LogP contribution in [0.25, 0.3) is 5.57 Å². The summed E-state index contributed by atoms with van der Waals surface area (Å²) in [5, 5.41) is 14.0. The SMILES string of the molecule is Cc1ncc(C(C)CNC(C(=O)NC2C=CC(c3cnn(C)c3)=CN2)c2ccccc2)cn1. The van der Waals surface area contributed by atoms with Crippen LogP contribution in [0.4, 0.5) is 0 Å². The zero-order valence-electron chi connectivity index (χ0n) is 19.1. The van der Waals surface area contributed by atoms with Crippen LogP contribution in [0.2, 0.25) is 0 Å². The van der Waals surface area contributed by atoms with E-state index in [0.29, 0.717) is 6.54 Å². The van der Waals surface area contributed by atoms with Gasteiger partial charge in [0, 0.05) is 49.5 Å². The number of nitrogens with one attached hydrogen (secondary N) is 3. The monoisotopic (exact) mass is 443 g/mol. The Morgan fingerprint density at radius 2 is 1.91 bits per heavy atom. The molecule has 3 aromatic rings. The standard InChI is InChI=1S/C25H29N7O/c1-17(21-13-26-18(2)27-14-21)11-29-24(19-7-5-4-6-8-19)25(33)31-23-10-9-20(12-28-23)22-15-30-32(3)16-22/h4-10,12-17,23-24,28-29H,11H2,1-3H3,(H,31,33). The number of carbonyl (C=O) groups excluding carboxylic acids is 1. The van der Waals surface area contributed by atoms with E-state index in [1.165, 1.54) is 0 Å². The third kappa shape index (κ3) is 5.72. The molecule has 1 aromatic carbocycles. The van der Waals surface area contributed by atoms with Gasteiger partial charge in [0.2, 0.25) is 5.91 Å². The summed E-state index contributed by atoms with van der Waals surface area (Å²) in [6.45, 7) is 4.57. The van der Waals surface area contributed by atoms with Gasteiger partial charge in [-0.3, -0.25) is 9.48 Å². The Balaban J connectivity index is 1.41. The molecule has 2 aromatic heterocycles. The molecule has 0 fully saturated rings. The molecule has 4 rings (SSSR count). The second-order valence-electron chi connectivity index (χ2n) is 8.23. The van der Waals surface area contributed by atoms with Gasteiger partial charge in [-0.05, 0) is 30.0 Å². The van der Waals surface area contributed by atoms with Gasteiger partial charge < -0.3 is 16.0 Å². The van der Waals surface area contributed by atoms with Crippen molar-refractivity contribution in [1.29, 1.82) is 0 Å². The predicted molar refractivity (Wildman–Crippen MR) is 128 cm³/mol. The maximum Gasteiger partial charge on any atom is 0.243 e. The van der Waals surface area contributed by atoms with E-state index < -0.39 is 6.04 Å². The Bertz CT molecular complexity index is 1140. The fourth-order valence-corrected chi connectivity index (χ4v) is 3.64. The lowest BCUT2D eigenvalue weighted by molar-refractivity contribution is -0.123. The van der Waals surface area contributed by atoms with Crippen molar-refractivity contribution in [1.82, 2.24) is 35.7 Å². The van der Waals surface area contributed by atoms with Crippen molar-refractivity contribution in [2.75, 3.05) is 6.54 Å². The van der Waals surface area contributed by atoms with Crippen LogP contribution in [0.5, 0.6) is 0 Å². The molecular weight excluding hydrogens is 414 g/mol. The first-order valence-corrected chi connectivity index (χ1v) is 11.0. The van der Waals surface area contributed by atoms with E-state index >= 15 is 0 Å². The highest BCUT2D eigenvalue weighted by molar-refractivity contribution is 5.84. The van der Waals surface area contributed by atoms with E-state index in [0.717, 1.165) is 28.1 Å². The molecule has 0 saturated heterocycles. The minimum Gasteiger partial charge on any atom is -0.368 e. The Kier molecular flexibility index (Phi) is 6.95. The lowest BCUT2D eigenvalue weighted by atomic mass is 10.0. The molecule has 1 amide bonds. The van der Waals surface area contributed by atoms with Crippen LogP contribution < -0.4 is 16.0 Å². The van der Waals surface area contributed by atoms with E-state index in [2.05, 4.69) is 37.9 Å². The smallest absolute Gasteiger partial charge is 0.243 e. The second-order valence-corrected chi connectivity index (χ2v) is 8.23. The molecule has 3 N–H and O–H groups in total. The van der Waals surface area contributed by atoms with Crippen molar-refractivity contribution in [3.63, 3.8) is 0 Å². The Hall–Kier alpha value is -3.78. The number of carbonyl (C=O) groups is 1. The highest BCUT2D eigenvalue weighted by Gasteiger charge is 2.23. The van der Waals surface area contributed by atoms with E-state index in [4.69, 9.17) is 0 Å². The van der Waals surface area contributed by atoms with Gasteiger partial charge in [0.05, 0.1) is 6.20 Å². The molecule has 3 unspecified atom stereocenters. The minimum atomic E-state index is -0.487. The molecule has 3 atom stereocenters. The molecule has 170 valence electrons. The summed E-state index contributed by atoms with van der Waals surface area (Å²) in [5.41, 5.74) is 3.98. The quantitative estimate of drug-likeness (QED) is 0.495. The third-order valence-electron chi connectivity index (χ3n) is 5.62. The van der Waals surface area contributed by atoms with Crippen LogP contribution in [0, 0.1) is 6.92 Å². The number of dihydropyridines is 1. The fraction of sp³-hybridized carbons (Fsp3) is 0.280. The van der Waals surface area contributed by atoms with Gasteiger partial charge in [-0.25, -0.2) is 9.97 Å². The Morgan fingerprint density at radius 3 is 2.55 bits per heavy atom. The highest BCUT2D eigenvalue weighted by atomic mass is 16.2. The molecule has 0 radical (unpaired) electrons. The minimum absolute atomic E-state index is 0.103. The largest absolute Gasteiger partial charge is 0.368 e. The normalized spacial score (nSPS) is 17.1. The molecule has 3 heterocycles. The molecule has 0 spiro atoms. The van der Waals surface area contributed by atoms with Gasteiger partial charge in [-0.1, -0.05) is 43.3 Å². The maximum absolute atomic E-state index is 13.3. The first kappa shape index (κ1) is 22.4. The number of benzene rings is 1. The van der Waals surface area contributed by atoms with Crippen LogP contribution in [-0.2, 0) is 11.8 Å². The van der Waals surface area contributed by atoms with E-state index in [9.17, 15) is 4.79 Å². The number of aromatic nitrogens is 4. The molecule has 0 aliphatic carbocycles. The lowest BCUT2D eigenvalue weighted by Crippen LogP contribution is -2.48. The van der Waals surface area contributed by atoms with Crippen molar-refractivity contribution < 1.29 is 4.79 Å². The van der Waals surface area contributed by atoms with Crippen molar-refractivity contribution in [3.8, 4) is 0 Å². The van der Waals surface area contributed by atoms with Gasteiger partial charge in [-0.15, -0.1) is 0 Å². The molecular formula is C25H29N7O. The predicted octanol–water partition coefficient (Wildman–Crippen LogP) is 2.60. The topological polar surface area (TPSA) is 96.8 Å². The first-order chi connectivity index (χ1) is 16.0. The van der Waals surface area contributed by atoms with Crippen LogP contribution >= 0.6 is 0 Å². The van der Waals surface area contributed by atoms with Crippen LogP contribution in [-0.4, -0.2) is 38.4 Å². The average molecular weight is 444 g/mol. The van der Waals surface area contributed by atoms with Crippen molar-refractivity contribution in [2.24, 2.45) is 7.05 Å². The zero-order valence-corrected chi connectivity index (χ0v) is 19.1. The van der Waals surface area contributed by atoms with Gasteiger partial charge in [-0.2, -0.15) is 5.10 Å². The van der Waals surface area contributed by atoms with Gasteiger partial charge in [0.15, 0.2) is 0 Å². The van der Waals surface area contributed by atoms with Crippen molar-refractivity contribution >= 4 is 11.5 Å². The number of hydrogen-bond acceptors (Lipinski definition) is 6. The van der Waals surface area contributed by atoms with Gasteiger partial charge in [0.1, 0.15) is 18.0 Å².